The molecule has 43 heavy (non-hydrogen) atoms. The molecule has 1 aliphatic heterocycles. The van der Waals surface area contributed by atoms with Gasteiger partial charge in [0.1, 0.15) is 24.4 Å². The smallest absolute Gasteiger partial charge is 0.186 e. The number of aliphatic hydroxyl groups is 5. The zero-order valence-electron chi connectivity index (χ0n) is 27.8. The highest BCUT2D eigenvalue weighted by Gasteiger charge is 2.70. The Morgan fingerprint density at radius 2 is 1.56 bits per heavy atom. The first kappa shape index (κ1) is 33.6. The normalized spacial score (nSPS) is 50.7. The Bertz CT molecular complexity index is 1070. The van der Waals surface area contributed by atoms with Gasteiger partial charge in [0.15, 0.2) is 6.29 Å². The van der Waals surface area contributed by atoms with E-state index in [0.29, 0.717) is 17.8 Å². The van der Waals surface area contributed by atoms with Gasteiger partial charge in [-0.2, -0.15) is 0 Å². The van der Waals surface area contributed by atoms with Gasteiger partial charge in [-0.05, 0) is 117 Å². The van der Waals surface area contributed by atoms with Gasteiger partial charge in [0.2, 0.25) is 0 Å². The van der Waals surface area contributed by atoms with E-state index >= 15 is 0 Å². The molecule has 0 radical (unpaired) electrons. The molecule has 14 atom stereocenters. The van der Waals surface area contributed by atoms with Gasteiger partial charge < -0.3 is 35.0 Å². The van der Waals surface area contributed by atoms with Crippen LogP contribution >= 0.6 is 0 Å². The standard InChI is InChI=1S/C36H60O7/c1-20(2)10-9-11-21(3)22-12-16-36(8)28(22)23(38)18-26-34(6)15-14-27(33(4,5)25(34)13-17-35(26,36)7)43-32-31(41)30(40)29(39)24(19-37)42-32/h10,22-32,37-41H,3,9,11-19H2,1-2,4-8H3/t22?,23-,24-,25+,26-,27+,28+,29-,30+,31-,32+,34+,35-,36-/m1/s1. The second-order valence-electron chi connectivity index (χ2n) is 16.6. The van der Waals surface area contributed by atoms with Crippen LogP contribution in [0.1, 0.15) is 106 Å². The predicted octanol–water partition coefficient (Wildman–Crippen LogP) is 5.13. The second kappa shape index (κ2) is 11.8. The molecule has 1 unspecified atom stereocenters. The third kappa shape index (κ3) is 5.21. The average molecular weight is 605 g/mol. The van der Waals surface area contributed by atoms with Crippen molar-refractivity contribution < 1.29 is 35.0 Å². The summed E-state index contributed by atoms with van der Waals surface area (Å²) in [5.74, 6) is 1.38. The van der Waals surface area contributed by atoms with Crippen molar-refractivity contribution >= 4 is 0 Å². The molecule has 0 amide bonds. The lowest BCUT2D eigenvalue weighted by Gasteiger charge is -2.70. The van der Waals surface area contributed by atoms with E-state index < -0.39 is 37.3 Å². The van der Waals surface area contributed by atoms with Crippen LogP contribution in [0.15, 0.2) is 23.8 Å². The van der Waals surface area contributed by atoms with Crippen molar-refractivity contribution in [3.63, 3.8) is 0 Å². The Morgan fingerprint density at radius 3 is 2.21 bits per heavy atom. The van der Waals surface area contributed by atoms with Gasteiger partial charge in [0, 0.05) is 0 Å². The van der Waals surface area contributed by atoms with E-state index in [9.17, 15) is 25.5 Å². The van der Waals surface area contributed by atoms with Gasteiger partial charge in [0.05, 0.1) is 18.8 Å². The molecule has 0 spiro atoms. The van der Waals surface area contributed by atoms with Crippen LogP contribution in [0, 0.1) is 45.3 Å². The first-order chi connectivity index (χ1) is 20.0. The lowest BCUT2D eigenvalue weighted by molar-refractivity contribution is -0.331. The Hall–Kier alpha value is -0.800. The fraction of sp³-hybridized carbons (Fsp3) is 0.889. The van der Waals surface area contributed by atoms with E-state index in [4.69, 9.17) is 9.47 Å². The van der Waals surface area contributed by atoms with Crippen molar-refractivity contribution in [2.24, 2.45) is 45.3 Å². The maximum absolute atomic E-state index is 12.0. The number of ether oxygens (including phenoxy) is 2. The highest BCUT2D eigenvalue weighted by molar-refractivity contribution is 5.22. The number of allylic oxidation sites excluding steroid dienone is 3. The molecule has 5 fully saturated rings. The van der Waals surface area contributed by atoms with Crippen LogP contribution < -0.4 is 0 Å². The minimum absolute atomic E-state index is 0.0270. The molecule has 5 N–H and O–H groups in total. The molecule has 1 heterocycles. The van der Waals surface area contributed by atoms with Crippen molar-refractivity contribution in [3.8, 4) is 0 Å². The summed E-state index contributed by atoms with van der Waals surface area (Å²) in [7, 11) is 0. The van der Waals surface area contributed by atoms with E-state index in [1.807, 2.05) is 0 Å². The fourth-order valence-corrected chi connectivity index (χ4v) is 11.5. The molecule has 1 saturated heterocycles. The maximum Gasteiger partial charge on any atom is 0.186 e. The van der Waals surface area contributed by atoms with E-state index in [1.165, 1.54) is 11.1 Å². The summed E-state index contributed by atoms with van der Waals surface area (Å²) in [5, 5.41) is 52.9. The second-order valence-corrected chi connectivity index (χ2v) is 16.6. The molecular formula is C36H60O7. The number of fused-ring (bicyclic) bond motifs is 5. The SMILES string of the molecule is C=C(CCC=C(C)C)C1CC[C@]2(C)[C@@H]1[C@H](O)C[C@@H]1[C@@]3(C)CC[C@H](O[C@@H]4O[C@H](CO)[C@@H](O)[C@H](O)[C@H]4O)C(C)(C)[C@@H]3CC[C@]12C. The van der Waals surface area contributed by atoms with Crippen molar-refractivity contribution in [2.75, 3.05) is 6.61 Å². The molecule has 0 bridgehead atoms. The first-order valence-electron chi connectivity index (χ1n) is 17.0. The zero-order valence-corrected chi connectivity index (χ0v) is 27.8. The molecular weight excluding hydrogens is 544 g/mol. The summed E-state index contributed by atoms with van der Waals surface area (Å²) in [6, 6.07) is 0. The summed E-state index contributed by atoms with van der Waals surface area (Å²) in [4.78, 5) is 0. The van der Waals surface area contributed by atoms with E-state index in [1.54, 1.807) is 0 Å². The molecule has 0 aromatic rings. The Balaban J connectivity index is 1.36. The predicted molar refractivity (Wildman–Crippen MR) is 167 cm³/mol. The Morgan fingerprint density at radius 1 is 0.884 bits per heavy atom. The fourth-order valence-electron chi connectivity index (χ4n) is 11.5. The number of hydrogen-bond donors (Lipinski definition) is 5. The lowest BCUT2D eigenvalue weighted by atomic mass is 9.35. The van der Waals surface area contributed by atoms with Gasteiger partial charge in [0.25, 0.3) is 0 Å². The zero-order chi connectivity index (χ0) is 31.7. The van der Waals surface area contributed by atoms with Gasteiger partial charge >= 0.3 is 0 Å². The summed E-state index contributed by atoms with van der Waals surface area (Å²) in [5.41, 5.74) is 2.63. The molecule has 0 aromatic heterocycles. The van der Waals surface area contributed by atoms with Crippen LogP contribution in [0.2, 0.25) is 0 Å². The molecule has 4 aliphatic carbocycles. The highest BCUT2D eigenvalue weighted by Crippen LogP contribution is 2.75. The molecule has 7 heteroatoms. The summed E-state index contributed by atoms with van der Waals surface area (Å²) in [6.45, 7) is 20.4. The van der Waals surface area contributed by atoms with Crippen LogP contribution in [0.5, 0.6) is 0 Å². The minimum Gasteiger partial charge on any atom is -0.394 e. The number of aliphatic hydroxyl groups excluding tert-OH is 5. The van der Waals surface area contributed by atoms with Crippen LogP contribution in [0.25, 0.3) is 0 Å². The van der Waals surface area contributed by atoms with E-state index in [0.717, 1.165) is 57.8 Å². The molecule has 5 rings (SSSR count). The third-order valence-electron chi connectivity index (χ3n) is 14.0. The molecule has 4 saturated carbocycles. The van der Waals surface area contributed by atoms with Crippen molar-refractivity contribution in [3.05, 3.63) is 23.8 Å². The minimum atomic E-state index is -1.45. The third-order valence-corrected chi connectivity index (χ3v) is 14.0. The van der Waals surface area contributed by atoms with Crippen molar-refractivity contribution in [1.29, 1.82) is 0 Å². The number of hydrogen-bond acceptors (Lipinski definition) is 7. The largest absolute Gasteiger partial charge is 0.394 e. The van der Waals surface area contributed by atoms with Crippen LogP contribution in [0.4, 0.5) is 0 Å². The van der Waals surface area contributed by atoms with E-state index in [-0.39, 0.29) is 39.8 Å². The quantitative estimate of drug-likeness (QED) is 0.202. The van der Waals surface area contributed by atoms with Gasteiger partial charge in [-0.3, -0.25) is 0 Å². The summed E-state index contributed by atoms with van der Waals surface area (Å²) in [6.07, 6.45) is 4.46. The summed E-state index contributed by atoms with van der Waals surface area (Å²) < 4.78 is 12.2. The van der Waals surface area contributed by atoms with Crippen LogP contribution in [0.3, 0.4) is 0 Å². The lowest BCUT2D eigenvalue weighted by Crippen LogP contribution is -2.67. The monoisotopic (exact) mass is 604 g/mol. The van der Waals surface area contributed by atoms with E-state index in [2.05, 4.69) is 61.1 Å². The maximum atomic E-state index is 12.0. The van der Waals surface area contributed by atoms with Gasteiger partial charge in [-0.15, -0.1) is 0 Å². The van der Waals surface area contributed by atoms with Crippen LogP contribution in [-0.4, -0.2) is 75.1 Å². The molecule has 5 aliphatic rings. The van der Waals surface area contributed by atoms with Crippen molar-refractivity contribution in [1.82, 2.24) is 0 Å². The topological polar surface area (TPSA) is 120 Å². The Kier molecular flexibility index (Phi) is 9.19. The molecule has 246 valence electrons. The number of rotatable bonds is 7. The average Bonchev–Trinajstić information content (AvgIpc) is 3.31. The van der Waals surface area contributed by atoms with Crippen LogP contribution in [-0.2, 0) is 9.47 Å². The summed E-state index contributed by atoms with van der Waals surface area (Å²) >= 11 is 0. The highest BCUT2D eigenvalue weighted by atomic mass is 16.7. The van der Waals surface area contributed by atoms with Crippen molar-refractivity contribution in [2.45, 2.75) is 149 Å². The van der Waals surface area contributed by atoms with Gasteiger partial charge in [-0.1, -0.05) is 58.4 Å². The van der Waals surface area contributed by atoms with Gasteiger partial charge in [-0.25, -0.2) is 0 Å². The first-order valence-corrected chi connectivity index (χ1v) is 17.0. The Labute approximate surface area is 259 Å². The molecule has 7 nitrogen and oxygen atoms in total. The molecule has 0 aromatic carbocycles.